The number of carbonyl (C=O) groups excluding carboxylic acids is 1. The van der Waals surface area contributed by atoms with E-state index in [4.69, 9.17) is 4.74 Å². The van der Waals surface area contributed by atoms with E-state index in [1.54, 1.807) is 54.7 Å². The molecule has 0 fully saturated rings. The van der Waals surface area contributed by atoms with Gasteiger partial charge in [0.05, 0.1) is 16.2 Å². The molecule has 0 aliphatic carbocycles. The standard InChI is InChI=1S/C26H17BrN2O4/c27-22-10-15-25(33-26(30)20-4-2-1-3-5-20)21(16-22)17-28-23-11-6-18(7-12-23)19-8-13-24(14-9-19)29(31)32/h1-17H. The maximum Gasteiger partial charge on any atom is 0.343 e. The highest BCUT2D eigenvalue weighted by Crippen LogP contribution is 2.26. The normalized spacial score (nSPS) is 10.8. The van der Waals surface area contributed by atoms with Gasteiger partial charge in [0, 0.05) is 28.4 Å². The zero-order valence-electron chi connectivity index (χ0n) is 17.2. The molecule has 4 aromatic carbocycles. The maximum atomic E-state index is 12.4. The Labute approximate surface area is 198 Å². The fraction of sp³-hybridized carbons (Fsp3) is 0. The molecule has 4 aromatic rings. The average Bonchev–Trinajstić information content (AvgIpc) is 2.85. The van der Waals surface area contributed by atoms with Crippen LogP contribution in [-0.4, -0.2) is 17.1 Å². The van der Waals surface area contributed by atoms with E-state index < -0.39 is 10.9 Å². The number of carbonyl (C=O) groups is 1. The molecule has 0 aromatic heterocycles. The molecule has 0 aliphatic heterocycles. The molecule has 7 heteroatoms. The van der Waals surface area contributed by atoms with Gasteiger partial charge in [0.1, 0.15) is 5.75 Å². The molecule has 0 N–H and O–H groups in total. The Hall–Kier alpha value is -4.10. The van der Waals surface area contributed by atoms with Crippen molar-refractivity contribution in [2.45, 2.75) is 0 Å². The third-order valence-corrected chi connectivity index (χ3v) is 5.31. The van der Waals surface area contributed by atoms with Crippen LogP contribution in [-0.2, 0) is 0 Å². The monoisotopic (exact) mass is 500 g/mol. The van der Waals surface area contributed by atoms with Crippen molar-refractivity contribution in [2.24, 2.45) is 4.99 Å². The molecule has 0 amide bonds. The summed E-state index contributed by atoms with van der Waals surface area (Å²) >= 11 is 3.44. The lowest BCUT2D eigenvalue weighted by Gasteiger charge is -2.08. The summed E-state index contributed by atoms with van der Waals surface area (Å²) in [4.78, 5) is 27.3. The van der Waals surface area contributed by atoms with Gasteiger partial charge in [-0.05, 0) is 65.7 Å². The first kappa shape index (κ1) is 22.1. The molecule has 0 aliphatic rings. The maximum absolute atomic E-state index is 12.4. The van der Waals surface area contributed by atoms with E-state index in [0.29, 0.717) is 22.6 Å². The minimum atomic E-state index is -0.444. The van der Waals surface area contributed by atoms with Crippen LogP contribution in [0.1, 0.15) is 15.9 Å². The SMILES string of the molecule is O=C(Oc1ccc(Br)cc1C=Nc1ccc(-c2ccc([N+](=O)[O-])cc2)cc1)c1ccccc1. The molecule has 162 valence electrons. The number of esters is 1. The van der Waals surface area contributed by atoms with Gasteiger partial charge in [-0.1, -0.05) is 46.3 Å². The van der Waals surface area contributed by atoms with Crippen LogP contribution in [0.2, 0.25) is 0 Å². The molecule has 33 heavy (non-hydrogen) atoms. The van der Waals surface area contributed by atoms with Crippen LogP contribution in [0.4, 0.5) is 11.4 Å². The third kappa shape index (κ3) is 5.58. The zero-order chi connectivity index (χ0) is 23.2. The minimum Gasteiger partial charge on any atom is -0.422 e. The van der Waals surface area contributed by atoms with Crippen molar-refractivity contribution in [1.82, 2.24) is 0 Å². The van der Waals surface area contributed by atoms with Gasteiger partial charge in [-0.2, -0.15) is 0 Å². The lowest BCUT2D eigenvalue weighted by molar-refractivity contribution is -0.384. The van der Waals surface area contributed by atoms with E-state index >= 15 is 0 Å². The largest absolute Gasteiger partial charge is 0.422 e. The van der Waals surface area contributed by atoms with Crippen molar-refractivity contribution >= 4 is 39.5 Å². The Morgan fingerprint density at radius 2 is 1.52 bits per heavy atom. The van der Waals surface area contributed by atoms with Crippen molar-refractivity contribution < 1.29 is 14.5 Å². The number of nitrogens with zero attached hydrogens (tertiary/aromatic N) is 2. The first-order chi connectivity index (χ1) is 16.0. The van der Waals surface area contributed by atoms with Gasteiger partial charge in [0.2, 0.25) is 0 Å². The van der Waals surface area contributed by atoms with Crippen LogP contribution in [0, 0.1) is 10.1 Å². The average molecular weight is 501 g/mol. The summed E-state index contributed by atoms with van der Waals surface area (Å²) in [5.41, 5.74) is 3.67. The van der Waals surface area contributed by atoms with Gasteiger partial charge in [-0.15, -0.1) is 0 Å². The molecule has 0 saturated heterocycles. The number of nitro benzene ring substituents is 1. The molecule has 0 bridgehead atoms. The Balaban J connectivity index is 1.52. The van der Waals surface area contributed by atoms with Crippen LogP contribution in [0.3, 0.4) is 0 Å². The lowest BCUT2D eigenvalue weighted by atomic mass is 10.1. The zero-order valence-corrected chi connectivity index (χ0v) is 18.8. The number of ether oxygens (including phenoxy) is 1. The molecule has 0 heterocycles. The fourth-order valence-electron chi connectivity index (χ4n) is 3.11. The number of hydrogen-bond donors (Lipinski definition) is 0. The third-order valence-electron chi connectivity index (χ3n) is 4.82. The minimum absolute atomic E-state index is 0.0535. The lowest BCUT2D eigenvalue weighted by Crippen LogP contribution is -2.09. The van der Waals surface area contributed by atoms with Gasteiger partial charge >= 0.3 is 5.97 Å². The van der Waals surface area contributed by atoms with Gasteiger partial charge in [0.15, 0.2) is 0 Å². The number of hydrogen-bond acceptors (Lipinski definition) is 5. The molecule has 0 spiro atoms. The Bertz CT molecular complexity index is 1320. The van der Waals surface area contributed by atoms with Crippen LogP contribution in [0.25, 0.3) is 11.1 Å². The molecular weight excluding hydrogens is 484 g/mol. The van der Waals surface area contributed by atoms with Gasteiger partial charge in [-0.3, -0.25) is 15.1 Å². The highest BCUT2D eigenvalue weighted by molar-refractivity contribution is 9.10. The number of nitro groups is 1. The Kier molecular flexibility index (Phi) is 6.71. The second kappa shape index (κ2) is 10.0. The molecule has 6 nitrogen and oxygen atoms in total. The van der Waals surface area contributed by atoms with Crippen molar-refractivity contribution in [1.29, 1.82) is 0 Å². The molecule has 0 atom stereocenters. The number of non-ortho nitro benzene ring substituents is 1. The van der Waals surface area contributed by atoms with E-state index in [-0.39, 0.29) is 5.69 Å². The summed E-state index contributed by atoms with van der Waals surface area (Å²) < 4.78 is 6.41. The van der Waals surface area contributed by atoms with E-state index in [9.17, 15) is 14.9 Å². The molecule has 0 radical (unpaired) electrons. The van der Waals surface area contributed by atoms with Crippen LogP contribution in [0.15, 0.2) is 107 Å². The van der Waals surface area contributed by atoms with E-state index in [1.807, 2.05) is 36.4 Å². The predicted octanol–water partition coefficient (Wildman–Crippen LogP) is 6.99. The van der Waals surface area contributed by atoms with Crippen LogP contribution in [0.5, 0.6) is 5.75 Å². The van der Waals surface area contributed by atoms with Crippen molar-refractivity contribution in [3.63, 3.8) is 0 Å². The second-order valence-corrected chi connectivity index (χ2v) is 7.96. The summed E-state index contributed by atoms with van der Waals surface area (Å²) in [5, 5.41) is 10.8. The van der Waals surface area contributed by atoms with Crippen LogP contribution >= 0.6 is 15.9 Å². The van der Waals surface area contributed by atoms with Gasteiger partial charge in [-0.25, -0.2) is 4.79 Å². The quantitative estimate of drug-likeness (QED) is 0.0937. The number of halogens is 1. The van der Waals surface area contributed by atoms with E-state index in [1.165, 1.54) is 12.1 Å². The predicted molar refractivity (Wildman–Crippen MR) is 131 cm³/mol. The smallest absolute Gasteiger partial charge is 0.343 e. The number of aliphatic imine (C=N–C) groups is 1. The highest BCUT2D eigenvalue weighted by atomic mass is 79.9. The summed E-state index contributed by atoms with van der Waals surface area (Å²) in [6.07, 6.45) is 1.64. The number of benzene rings is 4. The van der Waals surface area contributed by atoms with E-state index in [2.05, 4.69) is 20.9 Å². The van der Waals surface area contributed by atoms with Crippen LogP contribution < -0.4 is 4.74 Å². The van der Waals surface area contributed by atoms with Crippen molar-refractivity contribution in [3.8, 4) is 16.9 Å². The fourth-order valence-corrected chi connectivity index (χ4v) is 3.48. The van der Waals surface area contributed by atoms with Crippen molar-refractivity contribution in [2.75, 3.05) is 0 Å². The Morgan fingerprint density at radius 1 is 0.879 bits per heavy atom. The highest BCUT2D eigenvalue weighted by Gasteiger charge is 2.11. The summed E-state index contributed by atoms with van der Waals surface area (Å²) in [5.74, 6) is -0.0432. The van der Waals surface area contributed by atoms with Gasteiger partial charge in [0.25, 0.3) is 5.69 Å². The second-order valence-electron chi connectivity index (χ2n) is 7.05. The van der Waals surface area contributed by atoms with Gasteiger partial charge < -0.3 is 4.74 Å². The topological polar surface area (TPSA) is 81.8 Å². The van der Waals surface area contributed by atoms with E-state index in [0.717, 1.165) is 15.6 Å². The first-order valence-corrected chi connectivity index (χ1v) is 10.7. The first-order valence-electron chi connectivity index (χ1n) is 9.95. The summed E-state index contributed by atoms with van der Waals surface area (Å²) in [6, 6.07) is 28.0. The number of rotatable bonds is 6. The Morgan fingerprint density at radius 3 is 2.15 bits per heavy atom. The van der Waals surface area contributed by atoms with Crippen molar-refractivity contribution in [3.05, 3.63) is 123 Å². The molecule has 4 rings (SSSR count). The molecule has 0 saturated carbocycles. The molecule has 0 unspecified atom stereocenters. The summed E-state index contributed by atoms with van der Waals surface area (Å²) in [6.45, 7) is 0. The molecular formula is C26H17BrN2O4. The summed E-state index contributed by atoms with van der Waals surface area (Å²) in [7, 11) is 0.